The largest absolute Gasteiger partial charge is 0.476 e. The third-order valence-electron chi connectivity index (χ3n) is 17.7. The molecule has 8 aromatic carbocycles. The van der Waals surface area contributed by atoms with Gasteiger partial charge in [0.1, 0.15) is 23.3 Å². The molecule has 32 nitrogen and oxygen atoms in total. The number of rotatable bonds is 25. The maximum absolute atomic E-state index is 13.3. The number of benzene rings is 8. The SMILES string of the molecule is Cc1ccc(Cc2cc(C(=O)O)n[nH]2)cc1.O=C(O)c1cc(CCc2ccccc2)[nH]n1.O=C(O)c1cc(Cc2ccc(Br)cc2)[nH]n1.O=C(O)c1cc(Cc2ccc(F)cc2F)[nH]n1.O=C(O)c1cc(Cc2cccc(Br)c2)[nH]n1.O=C(O)c1cc(Cc2cccc(F)c2)[nH]n1.O=C(O)c1cc(Cc2ccccc2)[nH]n1.O=C(O)c1cc(Cc2ccccc2F)[nH]n1. The molecule has 38 heteroatoms. The van der Waals surface area contributed by atoms with Crippen LogP contribution in [0.4, 0.5) is 17.6 Å². The van der Waals surface area contributed by atoms with Crippen LogP contribution in [-0.2, 0) is 57.8 Å². The van der Waals surface area contributed by atoms with Crippen LogP contribution in [0.5, 0.6) is 0 Å². The van der Waals surface area contributed by atoms with Crippen LogP contribution in [0.2, 0.25) is 0 Å². The topological polar surface area (TPSA) is 528 Å². The van der Waals surface area contributed by atoms with Gasteiger partial charge in [0.2, 0.25) is 0 Å². The lowest BCUT2D eigenvalue weighted by molar-refractivity contribution is 0.0679. The number of carbonyl (C=O) groups is 8. The Labute approximate surface area is 740 Å². The van der Waals surface area contributed by atoms with Crippen molar-refractivity contribution in [1.82, 2.24) is 81.6 Å². The maximum Gasteiger partial charge on any atom is 0.356 e. The molecule has 0 aliphatic heterocycles. The van der Waals surface area contributed by atoms with E-state index >= 15 is 0 Å². The number of nitrogens with zero attached hydrogens (tertiary/aromatic N) is 8. The number of aromatic nitrogens is 16. The molecule has 16 N–H and O–H groups in total. The predicted octanol–water partition coefficient (Wildman–Crippen LogP) is 16.2. The first-order valence-electron chi connectivity index (χ1n) is 38.1. The zero-order valence-corrected chi connectivity index (χ0v) is 70.4. The summed E-state index contributed by atoms with van der Waals surface area (Å²) in [5.74, 6) is -10.3. The highest BCUT2D eigenvalue weighted by atomic mass is 79.9. The third kappa shape index (κ3) is 32.3. The number of H-pyrrole nitrogens is 8. The molecule has 16 rings (SSSR count). The van der Waals surface area contributed by atoms with Crippen molar-refractivity contribution in [2.24, 2.45) is 0 Å². The van der Waals surface area contributed by atoms with Crippen LogP contribution in [0.15, 0.2) is 258 Å². The average molecular weight is 1880 g/mol. The molecule has 0 saturated carbocycles. The van der Waals surface area contributed by atoms with E-state index in [9.17, 15) is 55.9 Å². The van der Waals surface area contributed by atoms with E-state index in [0.29, 0.717) is 61.2 Å². The zero-order valence-electron chi connectivity index (χ0n) is 67.2. The second-order valence-electron chi connectivity index (χ2n) is 27.6. The molecular formula is C90H78Br2F4N16O16. The van der Waals surface area contributed by atoms with Crippen LogP contribution in [0, 0.1) is 30.2 Å². The fourth-order valence-corrected chi connectivity index (χ4v) is 12.2. The predicted molar refractivity (Wildman–Crippen MR) is 463 cm³/mol. The summed E-state index contributed by atoms with van der Waals surface area (Å²) in [4.78, 5) is 84.8. The van der Waals surface area contributed by atoms with Crippen molar-refractivity contribution in [2.45, 2.75) is 64.7 Å². The molecule has 16 aromatic rings. The number of aryl methyl sites for hydroxylation is 3. The first-order valence-corrected chi connectivity index (χ1v) is 39.7. The summed E-state index contributed by atoms with van der Waals surface area (Å²) in [6, 6.07) is 71.3. The molecule has 0 amide bonds. The summed E-state index contributed by atoms with van der Waals surface area (Å²) in [7, 11) is 0. The molecule has 0 atom stereocenters. The fourth-order valence-electron chi connectivity index (χ4n) is 11.5. The minimum absolute atomic E-state index is 0.0357. The van der Waals surface area contributed by atoms with E-state index in [1.807, 2.05) is 128 Å². The molecule has 0 unspecified atom stereocenters. The van der Waals surface area contributed by atoms with Crippen LogP contribution in [0.25, 0.3) is 0 Å². The number of aromatic carboxylic acids is 8. The van der Waals surface area contributed by atoms with Crippen LogP contribution in [-0.4, -0.2) is 170 Å². The molecule has 0 aliphatic carbocycles. The lowest BCUT2D eigenvalue weighted by Crippen LogP contribution is -1.95. The van der Waals surface area contributed by atoms with Gasteiger partial charge in [0, 0.05) is 106 Å². The van der Waals surface area contributed by atoms with E-state index in [0.717, 1.165) is 90.2 Å². The van der Waals surface area contributed by atoms with Crippen molar-refractivity contribution in [3.05, 3.63) is 422 Å². The first kappa shape index (κ1) is 95.7. The van der Waals surface area contributed by atoms with E-state index in [-0.39, 0.29) is 69.2 Å². The highest BCUT2D eigenvalue weighted by Gasteiger charge is 2.17. The summed E-state index contributed by atoms with van der Waals surface area (Å²) in [5.41, 5.74) is 14.2. The highest BCUT2D eigenvalue weighted by Crippen LogP contribution is 2.21. The molecule has 656 valence electrons. The van der Waals surface area contributed by atoms with Gasteiger partial charge in [0.05, 0.1) is 0 Å². The fraction of sp³-hybridized carbons (Fsp3) is 0.111. The molecule has 0 spiro atoms. The van der Waals surface area contributed by atoms with E-state index in [1.54, 1.807) is 60.7 Å². The van der Waals surface area contributed by atoms with Gasteiger partial charge in [-0.05, 0) is 161 Å². The third-order valence-corrected chi connectivity index (χ3v) is 18.7. The van der Waals surface area contributed by atoms with Crippen molar-refractivity contribution in [2.75, 3.05) is 0 Å². The summed E-state index contributed by atoms with van der Waals surface area (Å²) < 4.78 is 54.2. The van der Waals surface area contributed by atoms with Crippen LogP contribution in [0.3, 0.4) is 0 Å². The van der Waals surface area contributed by atoms with E-state index in [4.69, 9.17) is 40.9 Å². The molecule has 128 heavy (non-hydrogen) atoms. The minimum atomic E-state index is -1.16. The Morgan fingerprint density at radius 2 is 0.539 bits per heavy atom. The van der Waals surface area contributed by atoms with E-state index < -0.39 is 59.4 Å². The first-order chi connectivity index (χ1) is 61.3. The maximum atomic E-state index is 13.3. The quantitative estimate of drug-likeness (QED) is 0.0236. The second kappa shape index (κ2) is 48.1. The molecule has 0 saturated heterocycles. The Balaban J connectivity index is 0.000000165. The molecule has 0 radical (unpaired) electrons. The van der Waals surface area contributed by atoms with Gasteiger partial charge in [-0.1, -0.05) is 183 Å². The lowest BCUT2D eigenvalue weighted by Gasteiger charge is -2.00. The van der Waals surface area contributed by atoms with Crippen LogP contribution in [0.1, 0.15) is 180 Å². The number of hydrogen-bond acceptors (Lipinski definition) is 16. The Kier molecular flexibility index (Phi) is 35.9. The van der Waals surface area contributed by atoms with Crippen LogP contribution >= 0.6 is 31.9 Å². The molecule has 0 fully saturated rings. The number of aromatic amines is 8. The van der Waals surface area contributed by atoms with E-state index in [2.05, 4.69) is 126 Å². The zero-order chi connectivity index (χ0) is 92.2. The average Bonchev–Trinajstić information content (AvgIpc) is 1.38. The lowest BCUT2D eigenvalue weighted by atomic mass is 10.1. The van der Waals surface area contributed by atoms with Gasteiger partial charge >= 0.3 is 47.8 Å². The van der Waals surface area contributed by atoms with E-state index in [1.165, 1.54) is 53.6 Å². The number of carboxylic acids is 8. The number of nitrogens with one attached hydrogen (secondary N) is 8. The monoisotopic (exact) mass is 1870 g/mol. The van der Waals surface area contributed by atoms with Crippen molar-refractivity contribution in [3.63, 3.8) is 0 Å². The van der Waals surface area contributed by atoms with Gasteiger partial charge in [-0.25, -0.2) is 55.9 Å². The second-order valence-corrected chi connectivity index (χ2v) is 29.4. The molecule has 8 heterocycles. The molecular weight excluding hydrogens is 1800 g/mol. The summed E-state index contributed by atoms with van der Waals surface area (Å²) in [6.07, 6.45) is 5.12. The standard InChI is InChI=1S/2C12H12N2O2.2C11H9BrN2O2.C11H8F2N2O2.2C11H9FN2O2.C11H10N2O2/c1-8-2-4-9(5-3-8)6-10-7-11(12(15)16)14-13-10;15-12(16)11-8-10(13-14-11)7-6-9-4-2-1-3-5-9;12-8-3-1-7(2-4-8)5-9-6-10(11(15)16)14-13-9;12-8-3-1-2-7(4-8)5-9-6-10(11(15)16)14-13-9;12-7-2-1-6(9(13)4-7)3-8-5-10(11(16)17)15-14-8;12-8-3-1-2-7(4-8)5-9-6-10(11(15)16)14-13-9;12-9-4-2-1-3-7(9)5-8-6-10(11(15)16)14-13-8;14-11(15)10-7-9(12-13-10)6-8-4-2-1-3-5-8/h2-5,7H,6H2,1H3,(H,13,14)(H,15,16);1-5,8H,6-7H2,(H,13,14)(H,15,16);2*1-4,6H,5H2,(H,13,14)(H,15,16);1-2,4-5H,3H2,(H,14,15)(H,16,17);2*1-4,6H,5H2,(H,13,14)(H,15,16);1-5,7H,6H2,(H,12,13)(H,14,15). The van der Waals surface area contributed by atoms with Gasteiger partial charge in [-0.2, -0.15) is 40.8 Å². The van der Waals surface area contributed by atoms with Crippen LogP contribution < -0.4 is 0 Å². The highest BCUT2D eigenvalue weighted by molar-refractivity contribution is 9.10. The Morgan fingerprint density at radius 3 is 0.891 bits per heavy atom. The molecule has 0 aliphatic rings. The van der Waals surface area contributed by atoms with Gasteiger partial charge in [0.15, 0.2) is 45.6 Å². The van der Waals surface area contributed by atoms with Gasteiger partial charge < -0.3 is 40.9 Å². The molecule has 8 aromatic heterocycles. The summed E-state index contributed by atoms with van der Waals surface area (Å²) in [6.45, 7) is 2.03. The minimum Gasteiger partial charge on any atom is -0.476 e. The summed E-state index contributed by atoms with van der Waals surface area (Å²) in [5, 5.41) is 120. The van der Waals surface area contributed by atoms with Crippen molar-refractivity contribution < 1.29 is 96.8 Å². The normalized spacial score (nSPS) is 10.3. The van der Waals surface area contributed by atoms with Crippen molar-refractivity contribution >= 4 is 79.6 Å². The number of carboxylic acid groups (broad SMARTS) is 8. The van der Waals surface area contributed by atoms with Gasteiger partial charge in [0.25, 0.3) is 0 Å². The van der Waals surface area contributed by atoms with Crippen molar-refractivity contribution in [3.8, 4) is 0 Å². The van der Waals surface area contributed by atoms with Crippen molar-refractivity contribution in [1.29, 1.82) is 0 Å². The molecule has 0 bridgehead atoms. The Bertz CT molecular complexity index is 6180. The smallest absolute Gasteiger partial charge is 0.356 e. The van der Waals surface area contributed by atoms with Gasteiger partial charge in [-0.3, -0.25) is 40.8 Å². The number of hydrogen-bond donors (Lipinski definition) is 16. The van der Waals surface area contributed by atoms with Gasteiger partial charge in [-0.15, -0.1) is 0 Å². The number of halogens is 6. The summed E-state index contributed by atoms with van der Waals surface area (Å²) >= 11 is 6.74. The Morgan fingerprint density at radius 1 is 0.250 bits per heavy atom. The Hall–Kier alpha value is -16.1.